The third-order valence-corrected chi connectivity index (χ3v) is 6.16. The van der Waals surface area contributed by atoms with Crippen LogP contribution in [0.2, 0.25) is 5.02 Å². The van der Waals surface area contributed by atoms with Crippen LogP contribution in [0.3, 0.4) is 0 Å². The van der Waals surface area contributed by atoms with Gasteiger partial charge in [0.2, 0.25) is 5.91 Å². The number of aromatic nitrogens is 4. The summed E-state index contributed by atoms with van der Waals surface area (Å²) in [7, 11) is 0. The lowest BCUT2D eigenvalue weighted by atomic mass is 10.2. The van der Waals surface area contributed by atoms with Gasteiger partial charge < -0.3 is 9.80 Å². The third kappa shape index (κ3) is 4.34. The second-order valence-electron chi connectivity index (χ2n) is 7.97. The highest BCUT2D eigenvalue weighted by molar-refractivity contribution is 6.30. The van der Waals surface area contributed by atoms with E-state index in [1.54, 1.807) is 4.68 Å². The van der Waals surface area contributed by atoms with Crippen LogP contribution < -0.4 is 10.5 Å². The number of anilines is 1. The number of fused-ring (bicyclic) bond motifs is 1. The van der Waals surface area contributed by atoms with E-state index in [4.69, 9.17) is 11.6 Å². The molecule has 1 fully saturated rings. The molecule has 0 atom stereocenters. The lowest BCUT2D eigenvalue weighted by molar-refractivity contribution is -0.131. The molecule has 9 heteroatoms. The van der Waals surface area contributed by atoms with Crippen molar-refractivity contribution in [2.75, 3.05) is 31.1 Å². The predicted octanol–water partition coefficient (Wildman–Crippen LogP) is 2.97. The first-order valence-electron chi connectivity index (χ1n) is 10.9. The van der Waals surface area contributed by atoms with E-state index in [1.165, 1.54) is 17.1 Å². The molecule has 2 aromatic carbocycles. The van der Waals surface area contributed by atoms with Crippen LogP contribution in [-0.2, 0) is 11.3 Å². The molecule has 2 aromatic heterocycles. The SMILES string of the molecule is O=C(CCn1cnc2c(cnn2-c2ccccc2)c1=O)N1CCN(c2cccc(Cl)c2)CC1. The number of hydrogen-bond donors (Lipinski definition) is 0. The van der Waals surface area contributed by atoms with Crippen molar-refractivity contribution in [2.45, 2.75) is 13.0 Å². The molecular formula is C24H23ClN6O2. The van der Waals surface area contributed by atoms with Gasteiger partial charge in [-0.3, -0.25) is 14.2 Å². The summed E-state index contributed by atoms with van der Waals surface area (Å²) in [6, 6.07) is 17.3. The number of hydrogen-bond acceptors (Lipinski definition) is 5. The Morgan fingerprint density at radius 2 is 1.73 bits per heavy atom. The summed E-state index contributed by atoms with van der Waals surface area (Å²) >= 11 is 6.09. The Bertz CT molecular complexity index is 1340. The number of nitrogens with zero attached hydrogens (tertiary/aromatic N) is 6. The van der Waals surface area contributed by atoms with Crippen molar-refractivity contribution in [3.63, 3.8) is 0 Å². The van der Waals surface area contributed by atoms with Gasteiger partial charge in [0.25, 0.3) is 5.56 Å². The summed E-state index contributed by atoms with van der Waals surface area (Å²) in [6.45, 7) is 3.06. The molecule has 0 N–H and O–H groups in total. The Morgan fingerprint density at radius 1 is 0.970 bits per heavy atom. The summed E-state index contributed by atoms with van der Waals surface area (Å²) < 4.78 is 3.13. The molecule has 0 saturated carbocycles. The van der Waals surface area contributed by atoms with Crippen molar-refractivity contribution in [3.05, 3.63) is 82.5 Å². The van der Waals surface area contributed by atoms with Crippen molar-refractivity contribution in [3.8, 4) is 5.69 Å². The van der Waals surface area contributed by atoms with E-state index in [0.717, 1.165) is 24.5 Å². The van der Waals surface area contributed by atoms with Crippen molar-refractivity contribution in [1.82, 2.24) is 24.2 Å². The van der Waals surface area contributed by atoms with Crippen molar-refractivity contribution >= 4 is 34.2 Å². The van der Waals surface area contributed by atoms with Crippen LogP contribution in [0.4, 0.5) is 5.69 Å². The molecule has 0 aliphatic carbocycles. The fourth-order valence-electron chi connectivity index (χ4n) is 4.13. The summed E-state index contributed by atoms with van der Waals surface area (Å²) in [6.07, 6.45) is 3.28. The number of carbonyl (C=O) groups is 1. The van der Waals surface area contributed by atoms with Crippen molar-refractivity contribution in [2.24, 2.45) is 0 Å². The molecule has 1 aliphatic heterocycles. The zero-order valence-electron chi connectivity index (χ0n) is 18.0. The van der Waals surface area contributed by atoms with Crippen LogP contribution in [0.1, 0.15) is 6.42 Å². The fraction of sp³-hybridized carbons (Fsp3) is 0.250. The Labute approximate surface area is 195 Å². The van der Waals surface area contributed by atoms with E-state index in [-0.39, 0.29) is 24.4 Å². The molecule has 168 valence electrons. The molecule has 8 nitrogen and oxygen atoms in total. The largest absolute Gasteiger partial charge is 0.368 e. The van der Waals surface area contributed by atoms with Crippen LogP contribution in [0.15, 0.2) is 71.9 Å². The third-order valence-electron chi connectivity index (χ3n) is 5.93. The molecule has 4 aromatic rings. The number of aryl methyl sites for hydroxylation is 1. The van der Waals surface area contributed by atoms with Crippen LogP contribution in [0.25, 0.3) is 16.7 Å². The van der Waals surface area contributed by atoms with E-state index in [0.29, 0.717) is 29.1 Å². The smallest absolute Gasteiger partial charge is 0.264 e. The van der Waals surface area contributed by atoms with Gasteiger partial charge in [0.1, 0.15) is 5.39 Å². The highest BCUT2D eigenvalue weighted by Gasteiger charge is 2.21. The molecule has 5 rings (SSSR count). The first-order chi connectivity index (χ1) is 16.1. The molecule has 0 radical (unpaired) electrons. The molecule has 0 unspecified atom stereocenters. The standard InChI is InChI=1S/C24H23ClN6O2/c25-18-5-4-8-20(15-18)28-11-13-29(14-12-28)22(32)9-10-30-17-26-23-21(24(30)33)16-27-31(23)19-6-2-1-3-7-19/h1-8,15-17H,9-14H2. The quantitative estimate of drug-likeness (QED) is 0.455. The zero-order chi connectivity index (χ0) is 22.8. The first-order valence-corrected chi connectivity index (χ1v) is 11.2. The van der Waals surface area contributed by atoms with E-state index >= 15 is 0 Å². The van der Waals surface area contributed by atoms with Crippen LogP contribution in [-0.4, -0.2) is 56.3 Å². The van der Waals surface area contributed by atoms with E-state index < -0.39 is 0 Å². The number of amides is 1. The Morgan fingerprint density at radius 3 is 2.48 bits per heavy atom. The van der Waals surface area contributed by atoms with Crippen molar-refractivity contribution in [1.29, 1.82) is 0 Å². The van der Waals surface area contributed by atoms with E-state index in [2.05, 4.69) is 15.0 Å². The number of para-hydroxylation sites is 1. The maximum atomic E-state index is 12.9. The molecule has 0 bridgehead atoms. The van der Waals surface area contributed by atoms with E-state index in [1.807, 2.05) is 59.5 Å². The molecular weight excluding hydrogens is 440 g/mol. The highest BCUT2D eigenvalue weighted by atomic mass is 35.5. The number of benzene rings is 2. The van der Waals surface area contributed by atoms with Crippen molar-refractivity contribution < 1.29 is 4.79 Å². The zero-order valence-corrected chi connectivity index (χ0v) is 18.7. The summed E-state index contributed by atoms with van der Waals surface area (Å²) in [5.41, 5.74) is 2.22. The van der Waals surface area contributed by atoms with Gasteiger partial charge in [-0.1, -0.05) is 35.9 Å². The molecule has 0 spiro atoms. The summed E-state index contributed by atoms with van der Waals surface area (Å²) in [5, 5.41) is 5.47. The van der Waals surface area contributed by atoms with Crippen LogP contribution >= 0.6 is 11.6 Å². The minimum atomic E-state index is -0.194. The summed E-state index contributed by atoms with van der Waals surface area (Å²) in [4.78, 5) is 34.2. The van der Waals surface area contributed by atoms with Gasteiger partial charge in [-0.05, 0) is 30.3 Å². The van der Waals surface area contributed by atoms with Crippen LogP contribution in [0.5, 0.6) is 0 Å². The van der Waals surface area contributed by atoms with Crippen LogP contribution in [0, 0.1) is 0 Å². The van der Waals surface area contributed by atoms with Gasteiger partial charge >= 0.3 is 0 Å². The minimum absolute atomic E-state index is 0.0349. The molecule has 1 aliphatic rings. The average Bonchev–Trinajstić information content (AvgIpc) is 3.29. The lowest BCUT2D eigenvalue weighted by Gasteiger charge is -2.36. The Balaban J connectivity index is 1.22. The summed E-state index contributed by atoms with van der Waals surface area (Å²) in [5.74, 6) is 0.0349. The second kappa shape index (κ2) is 9.07. The van der Waals surface area contributed by atoms with Gasteiger partial charge in [-0.2, -0.15) is 5.10 Å². The predicted molar refractivity (Wildman–Crippen MR) is 128 cm³/mol. The molecule has 1 saturated heterocycles. The molecule has 1 amide bonds. The fourth-order valence-corrected chi connectivity index (χ4v) is 4.31. The van der Waals surface area contributed by atoms with Gasteiger partial charge in [0, 0.05) is 49.9 Å². The van der Waals surface area contributed by atoms with Gasteiger partial charge in [-0.25, -0.2) is 9.67 Å². The number of piperazine rings is 1. The minimum Gasteiger partial charge on any atom is -0.368 e. The first kappa shape index (κ1) is 21.2. The number of rotatable bonds is 5. The average molecular weight is 463 g/mol. The lowest BCUT2D eigenvalue weighted by Crippen LogP contribution is -2.49. The molecule has 33 heavy (non-hydrogen) atoms. The normalized spacial score (nSPS) is 14.1. The maximum absolute atomic E-state index is 12.9. The number of halogens is 1. The second-order valence-corrected chi connectivity index (χ2v) is 8.41. The Kier molecular flexibility index (Phi) is 5.83. The Hall–Kier alpha value is -3.65. The monoisotopic (exact) mass is 462 g/mol. The highest BCUT2D eigenvalue weighted by Crippen LogP contribution is 2.21. The number of carbonyl (C=O) groups excluding carboxylic acids is 1. The maximum Gasteiger partial charge on any atom is 0.264 e. The molecule has 3 heterocycles. The van der Waals surface area contributed by atoms with Gasteiger partial charge in [-0.15, -0.1) is 0 Å². The van der Waals surface area contributed by atoms with E-state index in [9.17, 15) is 9.59 Å². The van der Waals surface area contributed by atoms with Gasteiger partial charge in [0.15, 0.2) is 5.65 Å². The topological polar surface area (TPSA) is 76.3 Å². The van der Waals surface area contributed by atoms with Gasteiger partial charge in [0.05, 0.1) is 18.2 Å².